The van der Waals surface area contributed by atoms with Crippen molar-refractivity contribution < 1.29 is 24.1 Å². The minimum Gasteiger partial charge on any atom is -0.359 e. The summed E-state index contributed by atoms with van der Waals surface area (Å²) in [5.74, 6) is -3.80. The Bertz CT molecular complexity index is 1700. The van der Waals surface area contributed by atoms with E-state index in [0.29, 0.717) is 22.3 Å². The van der Waals surface area contributed by atoms with Crippen LogP contribution < -0.4 is 4.90 Å². The Morgan fingerprint density at radius 3 is 2.27 bits per heavy atom. The molecule has 2 fully saturated rings. The van der Waals surface area contributed by atoms with Crippen LogP contribution in [0.5, 0.6) is 0 Å². The van der Waals surface area contributed by atoms with Crippen LogP contribution in [0.3, 0.4) is 0 Å². The molecule has 0 aliphatic carbocycles. The molecule has 3 aliphatic heterocycles. The van der Waals surface area contributed by atoms with Crippen molar-refractivity contribution in [3.63, 3.8) is 0 Å². The minimum atomic E-state index is -1.06. The molecule has 0 radical (unpaired) electrons. The monoisotopic (exact) mass is 611 g/mol. The number of benzene rings is 3. The highest BCUT2D eigenvalue weighted by atomic mass is 79.9. The first-order chi connectivity index (χ1) is 19.7. The van der Waals surface area contributed by atoms with Gasteiger partial charge in [-0.3, -0.25) is 29.3 Å². The summed E-state index contributed by atoms with van der Waals surface area (Å²) < 4.78 is 0.778. The van der Waals surface area contributed by atoms with Crippen molar-refractivity contribution in [1.29, 1.82) is 0 Å². The van der Waals surface area contributed by atoms with E-state index in [1.165, 1.54) is 18.2 Å². The number of nitro groups is 1. The topological polar surface area (TPSA) is 118 Å². The lowest BCUT2D eigenvalue weighted by Crippen LogP contribution is -2.46. The fraction of sp³-hybridized carbons (Fsp3) is 0.161. The van der Waals surface area contributed by atoms with Gasteiger partial charge < -0.3 is 4.90 Å². The molecule has 41 heavy (non-hydrogen) atoms. The van der Waals surface area contributed by atoms with E-state index in [1.54, 1.807) is 84.8 Å². The van der Waals surface area contributed by atoms with Crippen molar-refractivity contribution in [2.45, 2.75) is 19.0 Å². The molecule has 4 atom stereocenters. The third kappa shape index (κ3) is 4.31. The molecule has 2 amide bonds. The number of imide groups is 1. The van der Waals surface area contributed by atoms with E-state index in [9.17, 15) is 29.3 Å². The summed E-state index contributed by atoms with van der Waals surface area (Å²) in [4.78, 5) is 68.9. The number of ketones is 2. The zero-order valence-corrected chi connectivity index (χ0v) is 23.2. The van der Waals surface area contributed by atoms with E-state index >= 15 is 0 Å². The Kier molecular flexibility index (Phi) is 6.50. The first kappa shape index (κ1) is 26.5. The fourth-order valence-electron chi connectivity index (χ4n) is 5.93. The van der Waals surface area contributed by atoms with Gasteiger partial charge in [0.1, 0.15) is 6.04 Å². The Labute approximate surface area is 243 Å². The number of carbonyl (C=O) groups is 4. The van der Waals surface area contributed by atoms with Gasteiger partial charge in [-0.15, -0.1) is 0 Å². The van der Waals surface area contributed by atoms with Crippen molar-refractivity contribution in [1.82, 2.24) is 4.90 Å². The van der Waals surface area contributed by atoms with Gasteiger partial charge >= 0.3 is 0 Å². The molecule has 0 N–H and O–H groups in total. The number of carbonyl (C=O) groups excluding carboxylic acids is 4. The maximum absolute atomic E-state index is 14.0. The van der Waals surface area contributed by atoms with Gasteiger partial charge in [0.15, 0.2) is 11.6 Å². The van der Waals surface area contributed by atoms with Crippen molar-refractivity contribution in [2.75, 3.05) is 4.90 Å². The molecule has 0 saturated carbocycles. The van der Waals surface area contributed by atoms with Gasteiger partial charge in [-0.1, -0.05) is 70.5 Å². The van der Waals surface area contributed by atoms with E-state index in [-0.39, 0.29) is 22.9 Å². The van der Waals surface area contributed by atoms with Crippen LogP contribution in [0.4, 0.5) is 11.4 Å². The number of nitrogens with zero attached hydrogens (tertiary/aromatic N) is 3. The van der Waals surface area contributed by atoms with Gasteiger partial charge in [-0.05, 0) is 30.7 Å². The van der Waals surface area contributed by atoms with Crippen LogP contribution in [-0.4, -0.2) is 45.3 Å². The Balaban J connectivity index is 1.45. The summed E-state index contributed by atoms with van der Waals surface area (Å²) in [5.41, 5.74) is 1.54. The number of allylic oxidation sites excluding steroid dienone is 2. The number of hydrogen-bond donors (Lipinski definition) is 0. The molecule has 3 aliphatic rings. The fourth-order valence-corrected chi connectivity index (χ4v) is 6.19. The summed E-state index contributed by atoms with van der Waals surface area (Å²) in [6.45, 7) is 1.66. The summed E-state index contributed by atoms with van der Waals surface area (Å²) in [6.07, 6.45) is 4.87. The van der Waals surface area contributed by atoms with Crippen LogP contribution in [-0.2, 0) is 9.59 Å². The molecular formula is C31H22BrN3O6. The van der Waals surface area contributed by atoms with Gasteiger partial charge in [-0.2, -0.15) is 0 Å². The molecule has 3 aromatic carbocycles. The first-order valence-corrected chi connectivity index (χ1v) is 13.7. The van der Waals surface area contributed by atoms with E-state index < -0.39 is 40.7 Å². The smallest absolute Gasteiger partial charge is 0.271 e. The van der Waals surface area contributed by atoms with Crippen LogP contribution in [0.2, 0.25) is 0 Å². The van der Waals surface area contributed by atoms with Crippen molar-refractivity contribution in [3.05, 3.63) is 128 Å². The number of amides is 2. The molecule has 3 aromatic rings. The Morgan fingerprint density at radius 1 is 0.902 bits per heavy atom. The van der Waals surface area contributed by atoms with E-state index in [1.807, 2.05) is 0 Å². The average molecular weight is 612 g/mol. The van der Waals surface area contributed by atoms with Gasteiger partial charge in [0.25, 0.3) is 5.69 Å². The van der Waals surface area contributed by atoms with Crippen LogP contribution in [0.25, 0.3) is 0 Å². The molecule has 0 aromatic heterocycles. The predicted molar refractivity (Wildman–Crippen MR) is 153 cm³/mol. The standard InChI is InChI=1S/C31H22BrN3O6/c1-17-7-12-22(35(40)41)16-23(17)34-30(38)25-24-15-20(28(36)18-5-3-2-4-6-18)13-14-33(24)27(26(25)31(34)39)29(37)19-8-10-21(32)11-9-19/h2-16,24-27H,1H3/t24-,25-,26-,27+/m1/s1. The number of rotatable bonds is 6. The first-order valence-electron chi connectivity index (χ1n) is 12.9. The maximum Gasteiger partial charge on any atom is 0.271 e. The molecule has 3 heterocycles. The van der Waals surface area contributed by atoms with Gasteiger partial charge in [0, 0.05) is 39.5 Å². The third-order valence-corrected chi connectivity index (χ3v) is 8.42. The van der Waals surface area contributed by atoms with E-state index in [0.717, 1.165) is 9.37 Å². The lowest BCUT2D eigenvalue weighted by Gasteiger charge is -2.33. The number of Topliss-reactive ketones (excluding diaryl/α,β-unsaturated/α-hetero) is 2. The quantitative estimate of drug-likeness (QED) is 0.166. The Hall–Kier alpha value is -4.70. The Morgan fingerprint density at radius 2 is 1.59 bits per heavy atom. The van der Waals surface area contributed by atoms with Gasteiger partial charge in [-0.25, -0.2) is 4.90 Å². The number of fused-ring (bicyclic) bond motifs is 3. The van der Waals surface area contributed by atoms with Crippen molar-refractivity contribution >= 4 is 50.7 Å². The summed E-state index contributed by atoms with van der Waals surface area (Å²) in [7, 11) is 0. The lowest BCUT2D eigenvalue weighted by atomic mass is 9.85. The molecule has 9 nitrogen and oxygen atoms in total. The average Bonchev–Trinajstić information content (AvgIpc) is 3.44. The minimum absolute atomic E-state index is 0.112. The molecule has 0 unspecified atom stereocenters. The second-order valence-corrected chi connectivity index (χ2v) is 11.1. The highest BCUT2D eigenvalue weighted by molar-refractivity contribution is 9.10. The van der Waals surface area contributed by atoms with Gasteiger partial charge in [0.05, 0.1) is 28.5 Å². The number of halogens is 1. The normalized spacial score (nSPS) is 22.8. The van der Waals surface area contributed by atoms with Crippen molar-refractivity contribution in [2.24, 2.45) is 11.8 Å². The zero-order chi connectivity index (χ0) is 29.0. The molecule has 0 bridgehead atoms. The van der Waals surface area contributed by atoms with E-state index in [4.69, 9.17) is 0 Å². The molecule has 6 rings (SSSR count). The second kappa shape index (κ2) is 10.0. The third-order valence-electron chi connectivity index (χ3n) is 7.89. The molecule has 10 heteroatoms. The van der Waals surface area contributed by atoms with Crippen LogP contribution in [0.15, 0.2) is 101 Å². The predicted octanol–water partition coefficient (Wildman–Crippen LogP) is 5.04. The largest absolute Gasteiger partial charge is 0.359 e. The number of anilines is 1. The number of non-ortho nitro benzene ring substituents is 1. The summed E-state index contributed by atoms with van der Waals surface area (Å²) >= 11 is 3.37. The molecular weight excluding hydrogens is 590 g/mol. The maximum atomic E-state index is 14.0. The lowest BCUT2D eigenvalue weighted by molar-refractivity contribution is -0.384. The summed E-state index contributed by atoms with van der Waals surface area (Å²) in [5, 5.41) is 11.5. The highest BCUT2D eigenvalue weighted by Crippen LogP contribution is 2.48. The summed E-state index contributed by atoms with van der Waals surface area (Å²) in [6, 6.07) is 17.7. The van der Waals surface area contributed by atoms with E-state index in [2.05, 4.69) is 15.9 Å². The molecule has 204 valence electrons. The molecule has 2 saturated heterocycles. The molecule has 0 spiro atoms. The number of aryl methyl sites for hydroxylation is 1. The van der Waals surface area contributed by atoms with Crippen LogP contribution in [0, 0.1) is 28.9 Å². The van der Waals surface area contributed by atoms with Crippen LogP contribution >= 0.6 is 15.9 Å². The zero-order valence-electron chi connectivity index (χ0n) is 21.6. The number of nitro benzene ring substituents is 1. The SMILES string of the molecule is Cc1ccc([N+](=O)[O-])cc1N1C(=O)[C@@H]2[C@H](C1=O)[C@H]1C=C(C(=O)c3ccccc3)C=CN1[C@@H]2C(=O)c1ccc(Br)cc1. The number of hydrogen-bond acceptors (Lipinski definition) is 7. The second-order valence-electron chi connectivity index (χ2n) is 10.2. The highest BCUT2D eigenvalue weighted by Gasteiger charge is 2.63. The van der Waals surface area contributed by atoms with Gasteiger partial charge in [0.2, 0.25) is 11.8 Å². The van der Waals surface area contributed by atoms with Crippen LogP contribution in [0.1, 0.15) is 26.3 Å². The van der Waals surface area contributed by atoms with Crippen molar-refractivity contribution in [3.8, 4) is 0 Å².